The molecule has 1 N–H and O–H groups in total. The van der Waals surface area contributed by atoms with Crippen LogP contribution in [0.4, 0.5) is 11.4 Å². The SMILES string of the molecule is COc1ccc2ccccc2c1C=Nc1ccc(S(=O)(=O)Nc2c(C)cc(C)cc2C)cc1. The van der Waals surface area contributed by atoms with Gasteiger partial charge < -0.3 is 4.74 Å². The molecule has 0 amide bonds. The van der Waals surface area contributed by atoms with E-state index in [1.165, 1.54) is 0 Å². The molecule has 4 rings (SSSR count). The van der Waals surface area contributed by atoms with E-state index >= 15 is 0 Å². The Morgan fingerprint density at radius 1 is 0.879 bits per heavy atom. The smallest absolute Gasteiger partial charge is 0.261 e. The van der Waals surface area contributed by atoms with E-state index in [9.17, 15) is 8.42 Å². The molecule has 0 heterocycles. The zero-order chi connectivity index (χ0) is 23.6. The van der Waals surface area contributed by atoms with E-state index in [2.05, 4.69) is 9.71 Å². The van der Waals surface area contributed by atoms with E-state index in [1.807, 2.05) is 69.3 Å². The zero-order valence-electron chi connectivity index (χ0n) is 19.1. The second-order valence-corrected chi connectivity index (χ2v) is 9.72. The number of nitrogens with zero attached hydrogens (tertiary/aromatic N) is 1. The molecule has 6 heteroatoms. The molecule has 0 fully saturated rings. The quantitative estimate of drug-likeness (QED) is 0.344. The molecule has 0 saturated heterocycles. The lowest BCUT2D eigenvalue weighted by atomic mass is 10.0. The minimum absolute atomic E-state index is 0.184. The van der Waals surface area contributed by atoms with Crippen molar-refractivity contribution < 1.29 is 13.2 Å². The standard InChI is InChI=1S/C27H26N2O3S/c1-18-15-19(2)27(20(3)16-18)29-33(30,31)23-12-10-22(11-13-23)28-17-25-24-8-6-5-7-21(24)9-14-26(25)32-4/h5-17,29H,1-4H3. The van der Waals surface area contributed by atoms with Crippen molar-refractivity contribution in [2.45, 2.75) is 25.7 Å². The van der Waals surface area contributed by atoms with Gasteiger partial charge in [-0.3, -0.25) is 9.71 Å². The van der Waals surface area contributed by atoms with Gasteiger partial charge in [0.1, 0.15) is 5.75 Å². The van der Waals surface area contributed by atoms with Crippen molar-refractivity contribution in [1.82, 2.24) is 0 Å². The van der Waals surface area contributed by atoms with Crippen molar-refractivity contribution in [3.63, 3.8) is 0 Å². The summed E-state index contributed by atoms with van der Waals surface area (Å²) in [4.78, 5) is 4.74. The number of sulfonamides is 1. The number of fused-ring (bicyclic) bond motifs is 1. The average Bonchev–Trinajstić information content (AvgIpc) is 2.80. The molecule has 0 radical (unpaired) electrons. The second-order valence-electron chi connectivity index (χ2n) is 8.03. The highest BCUT2D eigenvalue weighted by molar-refractivity contribution is 7.92. The van der Waals surface area contributed by atoms with Crippen molar-refractivity contribution in [2.75, 3.05) is 11.8 Å². The molecule has 4 aromatic rings. The topological polar surface area (TPSA) is 67.8 Å². The first kappa shape index (κ1) is 22.6. The maximum absolute atomic E-state index is 12.9. The number of benzene rings is 4. The van der Waals surface area contributed by atoms with Crippen molar-refractivity contribution in [3.8, 4) is 5.75 Å². The fourth-order valence-electron chi connectivity index (χ4n) is 3.97. The van der Waals surface area contributed by atoms with Crippen LogP contribution in [0.15, 0.2) is 82.7 Å². The van der Waals surface area contributed by atoms with Gasteiger partial charge >= 0.3 is 0 Å². The number of ether oxygens (including phenoxy) is 1. The summed E-state index contributed by atoms with van der Waals surface area (Å²) in [5.74, 6) is 0.727. The molecule has 0 aliphatic heterocycles. The van der Waals surface area contributed by atoms with E-state index in [4.69, 9.17) is 4.74 Å². The third-order valence-corrected chi connectivity index (χ3v) is 6.92. The molecule has 0 aliphatic rings. The highest BCUT2D eigenvalue weighted by Gasteiger charge is 2.17. The van der Waals surface area contributed by atoms with Crippen LogP contribution < -0.4 is 9.46 Å². The summed E-state index contributed by atoms with van der Waals surface area (Å²) in [5.41, 5.74) is 5.01. The highest BCUT2D eigenvalue weighted by Crippen LogP contribution is 2.28. The Morgan fingerprint density at radius 2 is 1.55 bits per heavy atom. The van der Waals surface area contributed by atoms with Crippen LogP contribution in [0.5, 0.6) is 5.75 Å². The maximum atomic E-state index is 12.9. The van der Waals surface area contributed by atoms with Crippen LogP contribution in [0.1, 0.15) is 22.3 Å². The number of aryl methyl sites for hydroxylation is 3. The number of hydrogen-bond donors (Lipinski definition) is 1. The number of aliphatic imine (C=N–C) groups is 1. The maximum Gasteiger partial charge on any atom is 0.261 e. The van der Waals surface area contributed by atoms with E-state index in [0.717, 1.165) is 38.8 Å². The predicted octanol–water partition coefficient (Wildman–Crippen LogP) is 6.33. The first-order valence-corrected chi connectivity index (χ1v) is 12.1. The molecule has 0 aromatic heterocycles. The van der Waals surface area contributed by atoms with Crippen molar-refractivity contribution in [1.29, 1.82) is 0 Å². The number of methoxy groups -OCH3 is 1. The molecular weight excluding hydrogens is 432 g/mol. The van der Waals surface area contributed by atoms with Gasteiger partial charge in [-0.05, 0) is 73.0 Å². The summed E-state index contributed by atoms with van der Waals surface area (Å²) in [6.45, 7) is 5.79. The van der Waals surface area contributed by atoms with Gasteiger partial charge in [0.25, 0.3) is 10.0 Å². The summed E-state index contributed by atoms with van der Waals surface area (Å²) >= 11 is 0. The second kappa shape index (κ2) is 9.08. The Morgan fingerprint density at radius 3 is 2.21 bits per heavy atom. The third-order valence-electron chi connectivity index (χ3n) is 5.55. The Labute approximate surface area is 194 Å². The van der Waals surface area contributed by atoms with Gasteiger partial charge in [-0.1, -0.05) is 48.0 Å². The van der Waals surface area contributed by atoms with E-state index in [1.54, 1.807) is 37.6 Å². The van der Waals surface area contributed by atoms with E-state index in [0.29, 0.717) is 11.4 Å². The highest BCUT2D eigenvalue weighted by atomic mass is 32.2. The molecule has 0 bridgehead atoms. The molecule has 0 saturated carbocycles. The molecule has 0 spiro atoms. The normalized spacial score (nSPS) is 11.8. The summed E-state index contributed by atoms with van der Waals surface area (Å²) in [7, 11) is -2.09. The van der Waals surface area contributed by atoms with Crippen molar-refractivity contribution in [3.05, 3.63) is 95.1 Å². The van der Waals surface area contributed by atoms with Crippen LogP contribution in [0, 0.1) is 20.8 Å². The molecular formula is C27H26N2O3S. The molecule has 168 valence electrons. The number of hydrogen-bond acceptors (Lipinski definition) is 4. The Kier molecular flexibility index (Phi) is 6.20. The Bertz CT molecular complexity index is 1430. The van der Waals surface area contributed by atoms with E-state index in [-0.39, 0.29) is 4.90 Å². The minimum Gasteiger partial charge on any atom is -0.496 e. The average molecular weight is 459 g/mol. The van der Waals surface area contributed by atoms with Crippen LogP contribution in [-0.2, 0) is 10.0 Å². The number of nitrogens with one attached hydrogen (secondary N) is 1. The fraction of sp³-hybridized carbons (Fsp3) is 0.148. The first-order valence-electron chi connectivity index (χ1n) is 10.6. The van der Waals surface area contributed by atoms with Crippen LogP contribution in [0.2, 0.25) is 0 Å². The summed E-state index contributed by atoms with van der Waals surface area (Å²) in [6, 6.07) is 22.4. The van der Waals surface area contributed by atoms with Gasteiger partial charge in [0, 0.05) is 11.8 Å². The van der Waals surface area contributed by atoms with Crippen LogP contribution in [0.3, 0.4) is 0 Å². The number of rotatable bonds is 6. The largest absolute Gasteiger partial charge is 0.496 e. The minimum atomic E-state index is -3.72. The summed E-state index contributed by atoms with van der Waals surface area (Å²) < 4.78 is 34.1. The molecule has 0 unspecified atom stereocenters. The van der Waals surface area contributed by atoms with Gasteiger partial charge in [-0.15, -0.1) is 0 Å². The molecule has 0 atom stereocenters. The molecule has 33 heavy (non-hydrogen) atoms. The van der Waals surface area contributed by atoms with Crippen molar-refractivity contribution >= 4 is 38.4 Å². The number of anilines is 1. The van der Waals surface area contributed by atoms with Gasteiger partial charge in [-0.2, -0.15) is 0 Å². The summed E-state index contributed by atoms with van der Waals surface area (Å²) in [5, 5.41) is 2.13. The lowest BCUT2D eigenvalue weighted by Gasteiger charge is -2.14. The molecule has 0 aliphatic carbocycles. The summed E-state index contributed by atoms with van der Waals surface area (Å²) in [6.07, 6.45) is 1.75. The fourth-order valence-corrected chi connectivity index (χ4v) is 5.17. The van der Waals surface area contributed by atoms with Gasteiger partial charge in [0.05, 0.1) is 23.4 Å². The van der Waals surface area contributed by atoms with Crippen molar-refractivity contribution in [2.24, 2.45) is 4.99 Å². The third kappa shape index (κ3) is 4.76. The van der Waals surface area contributed by atoms with Crippen LogP contribution in [0.25, 0.3) is 10.8 Å². The van der Waals surface area contributed by atoms with Gasteiger partial charge in [0.15, 0.2) is 0 Å². The lowest BCUT2D eigenvalue weighted by Crippen LogP contribution is -2.14. The van der Waals surface area contributed by atoms with Gasteiger partial charge in [0.2, 0.25) is 0 Å². The Balaban J connectivity index is 1.61. The monoisotopic (exact) mass is 458 g/mol. The zero-order valence-corrected chi connectivity index (χ0v) is 19.9. The first-order chi connectivity index (χ1) is 15.8. The molecule has 5 nitrogen and oxygen atoms in total. The van der Waals surface area contributed by atoms with Crippen LogP contribution >= 0.6 is 0 Å². The van der Waals surface area contributed by atoms with Crippen LogP contribution in [-0.4, -0.2) is 21.7 Å². The van der Waals surface area contributed by atoms with Gasteiger partial charge in [-0.25, -0.2) is 8.42 Å². The predicted molar refractivity (Wildman–Crippen MR) is 136 cm³/mol. The Hall–Kier alpha value is -3.64. The molecule has 4 aromatic carbocycles. The van der Waals surface area contributed by atoms with E-state index < -0.39 is 10.0 Å². The lowest BCUT2D eigenvalue weighted by molar-refractivity contribution is 0.415.